The second kappa shape index (κ2) is 6.82. The number of rotatable bonds is 6. The number of nitrogens with zero attached hydrogens (tertiary/aromatic N) is 2. The van der Waals surface area contributed by atoms with Gasteiger partial charge in [-0.2, -0.15) is 5.10 Å². The van der Waals surface area contributed by atoms with Crippen LogP contribution in [-0.4, -0.2) is 33.3 Å². The van der Waals surface area contributed by atoms with Gasteiger partial charge in [-0.05, 0) is 37.8 Å². The molecule has 7 heteroatoms. The average molecular weight is 331 g/mol. The minimum Gasteiger partial charge on any atom is -0.481 e. The fourth-order valence-corrected chi connectivity index (χ4v) is 2.97. The molecule has 0 atom stereocenters. The van der Waals surface area contributed by atoms with Crippen LogP contribution in [0.3, 0.4) is 0 Å². The summed E-state index contributed by atoms with van der Waals surface area (Å²) in [5, 5.41) is 15.6. The first-order chi connectivity index (χ1) is 11.6. The van der Waals surface area contributed by atoms with E-state index in [-0.39, 0.29) is 24.7 Å². The van der Waals surface area contributed by atoms with E-state index in [0.29, 0.717) is 17.8 Å². The Balaban J connectivity index is 1.83. The third-order valence-electron chi connectivity index (χ3n) is 4.08. The van der Waals surface area contributed by atoms with Crippen LogP contribution < -0.4 is 5.32 Å². The molecule has 1 aromatic carbocycles. The molecule has 1 heterocycles. The lowest BCUT2D eigenvalue weighted by atomic mass is 10.2. The highest BCUT2D eigenvalue weighted by Crippen LogP contribution is 2.28. The molecule has 0 unspecified atom stereocenters. The van der Waals surface area contributed by atoms with E-state index in [4.69, 9.17) is 5.11 Å². The van der Waals surface area contributed by atoms with Gasteiger partial charge in [0.2, 0.25) is 0 Å². The Morgan fingerprint density at radius 3 is 2.83 bits per heavy atom. The molecular formula is C17H18FN3O3. The van der Waals surface area contributed by atoms with Crippen molar-refractivity contribution in [1.82, 2.24) is 15.1 Å². The summed E-state index contributed by atoms with van der Waals surface area (Å²) in [6.07, 6.45) is 2.75. The monoisotopic (exact) mass is 331 g/mol. The highest BCUT2D eigenvalue weighted by atomic mass is 19.1. The van der Waals surface area contributed by atoms with Crippen LogP contribution >= 0.6 is 0 Å². The van der Waals surface area contributed by atoms with E-state index in [2.05, 4.69) is 10.4 Å². The van der Waals surface area contributed by atoms with Crippen molar-refractivity contribution < 1.29 is 19.1 Å². The molecule has 3 rings (SSSR count). The number of aliphatic carboxylic acids is 1. The molecule has 0 saturated carbocycles. The molecular weight excluding hydrogens is 313 g/mol. The molecule has 1 aromatic heterocycles. The molecule has 0 fully saturated rings. The summed E-state index contributed by atoms with van der Waals surface area (Å²) in [5.74, 6) is -1.62. The largest absolute Gasteiger partial charge is 0.481 e. The second-order valence-corrected chi connectivity index (χ2v) is 5.74. The number of nitrogens with one attached hydrogen (secondary N) is 1. The summed E-state index contributed by atoms with van der Waals surface area (Å²) in [6, 6.07) is 6.34. The fraction of sp³-hybridized carbons (Fsp3) is 0.353. The number of carboxylic acids is 1. The second-order valence-electron chi connectivity index (χ2n) is 5.74. The van der Waals surface area contributed by atoms with Gasteiger partial charge in [-0.25, -0.2) is 9.07 Å². The minimum atomic E-state index is -0.894. The normalized spacial score (nSPS) is 12.9. The summed E-state index contributed by atoms with van der Waals surface area (Å²) in [7, 11) is 0. The van der Waals surface area contributed by atoms with Gasteiger partial charge in [-0.1, -0.05) is 12.1 Å². The Labute approximate surface area is 138 Å². The standard InChI is InChI=1S/C17H18FN3O3/c18-12-6-1-2-7-14(12)21-13-8-3-5-11(13)16(20-21)17(24)19-10-4-9-15(22)23/h1-2,6-7H,3-5,8-10H2,(H,19,24)(H,22,23). The average Bonchev–Trinajstić information content (AvgIpc) is 3.14. The van der Waals surface area contributed by atoms with Crippen LogP contribution in [0, 0.1) is 5.82 Å². The van der Waals surface area contributed by atoms with E-state index < -0.39 is 5.97 Å². The van der Waals surface area contributed by atoms with Crippen molar-refractivity contribution in [1.29, 1.82) is 0 Å². The van der Waals surface area contributed by atoms with Crippen molar-refractivity contribution in [3.63, 3.8) is 0 Å². The molecule has 0 radical (unpaired) electrons. The zero-order valence-corrected chi connectivity index (χ0v) is 13.1. The van der Waals surface area contributed by atoms with Crippen molar-refractivity contribution >= 4 is 11.9 Å². The summed E-state index contributed by atoms with van der Waals surface area (Å²) in [5.41, 5.74) is 2.37. The number of benzene rings is 1. The molecule has 1 aliphatic rings. The van der Waals surface area contributed by atoms with Crippen LogP contribution in [0.4, 0.5) is 4.39 Å². The summed E-state index contributed by atoms with van der Waals surface area (Å²) in [6.45, 7) is 0.270. The maximum Gasteiger partial charge on any atom is 0.303 e. The first-order valence-corrected chi connectivity index (χ1v) is 7.93. The SMILES string of the molecule is O=C(O)CCCNC(=O)c1nn(-c2ccccc2F)c2c1CCC2. The number of carboxylic acid groups (broad SMARTS) is 1. The van der Waals surface area contributed by atoms with Gasteiger partial charge in [0.1, 0.15) is 11.5 Å². The number of amides is 1. The molecule has 126 valence electrons. The lowest BCUT2D eigenvalue weighted by molar-refractivity contribution is -0.137. The quantitative estimate of drug-likeness (QED) is 0.794. The molecule has 0 bridgehead atoms. The number of hydrogen-bond acceptors (Lipinski definition) is 3. The topological polar surface area (TPSA) is 84.2 Å². The number of carbonyl (C=O) groups is 2. The van der Waals surface area contributed by atoms with Gasteiger partial charge in [0.15, 0.2) is 5.69 Å². The number of hydrogen-bond donors (Lipinski definition) is 2. The number of fused-ring (bicyclic) bond motifs is 1. The van der Waals surface area contributed by atoms with Crippen LogP contribution in [0.15, 0.2) is 24.3 Å². The van der Waals surface area contributed by atoms with Gasteiger partial charge < -0.3 is 10.4 Å². The van der Waals surface area contributed by atoms with Gasteiger partial charge in [0.05, 0.1) is 0 Å². The van der Waals surface area contributed by atoms with Crippen LogP contribution in [-0.2, 0) is 17.6 Å². The maximum atomic E-state index is 14.1. The third-order valence-corrected chi connectivity index (χ3v) is 4.08. The zero-order chi connectivity index (χ0) is 17.1. The minimum absolute atomic E-state index is 0.00204. The third kappa shape index (κ3) is 3.15. The molecule has 2 N–H and O–H groups in total. The molecule has 0 saturated heterocycles. The summed E-state index contributed by atoms with van der Waals surface area (Å²) < 4.78 is 15.6. The van der Waals surface area contributed by atoms with Gasteiger partial charge in [0.25, 0.3) is 5.91 Å². The molecule has 2 aromatic rings. The van der Waals surface area contributed by atoms with Crippen molar-refractivity contribution in [3.8, 4) is 5.69 Å². The first kappa shape index (κ1) is 16.2. The van der Waals surface area contributed by atoms with E-state index in [9.17, 15) is 14.0 Å². The molecule has 24 heavy (non-hydrogen) atoms. The Morgan fingerprint density at radius 2 is 2.08 bits per heavy atom. The number of aromatic nitrogens is 2. The van der Waals surface area contributed by atoms with E-state index in [1.165, 1.54) is 10.7 Å². The smallest absolute Gasteiger partial charge is 0.303 e. The molecule has 1 aliphatic carbocycles. The number of para-hydroxylation sites is 1. The summed E-state index contributed by atoms with van der Waals surface area (Å²) in [4.78, 5) is 22.8. The van der Waals surface area contributed by atoms with Crippen molar-refractivity contribution in [2.75, 3.05) is 6.54 Å². The van der Waals surface area contributed by atoms with Gasteiger partial charge in [-0.15, -0.1) is 0 Å². The van der Waals surface area contributed by atoms with Crippen molar-refractivity contribution in [3.05, 3.63) is 47.0 Å². The van der Waals surface area contributed by atoms with Crippen LogP contribution in [0.2, 0.25) is 0 Å². The molecule has 0 spiro atoms. The zero-order valence-electron chi connectivity index (χ0n) is 13.1. The Morgan fingerprint density at radius 1 is 1.29 bits per heavy atom. The lowest BCUT2D eigenvalue weighted by Crippen LogP contribution is -2.26. The first-order valence-electron chi connectivity index (χ1n) is 7.93. The van der Waals surface area contributed by atoms with Gasteiger partial charge in [-0.3, -0.25) is 9.59 Å². The van der Waals surface area contributed by atoms with E-state index in [1.807, 2.05) is 0 Å². The molecule has 6 nitrogen and oxygen atoms in total. The van der Waals surface area contributed by atoms with Gasteiger partial charge >= 0.3 is 5.97 Å². The predicted octanol–water partition coefficient (Wildman–Crippen LogP) is 2.09. The highest BCUT2D eigenvalue weighted by Gasteiger charge is 2.27. The highest BCUT2D eigenvalue weighted by molar-refractivity contribution is 5.94. The molecule has 0 aliphatic heterocycles. The predicted molar refractivity (Wildman–Crippen MR) is 84.8 cm³/mol. The lowest BCUT2D eigenvalue weighted by Gasteiger charge is -2.06. The van der Waals surface area contributed by atoms with Crippen molar-refractivity contribution in [2.45, 2.75) is 32.1 Å². The Hall–Kier alpha value is -2.70. The van der Waals surface area contributed by atoms with E-state index in [0.717, 1.165) is 30.5 Å². The Kier molecular flexibility index (Phi) is 4.59. The van der Waals surface area contributed by atoms with E-state index in [1.54, 1.807) is 18.2 Å². The van der Waals surface area contributed by atoms with Crippen LogP contribution in [0.5, 0.6) is 0 Å². The van der Waals surface area contributed by atoms with Gasteiger partial charge in [0, 0.05) is 24.2 Å². The Bertz CT molecular complexity index is 785. The molecule has 1 amide bonds. The fourth-order valence-electron chi connectivity index (χ4n) is 2.97. The number of carbonyl (C=O) groups excluding carboxylic acids is 1. The maximum absolute atomic E-state index is 14.1. The van der Waals surface area contributed by atoms with E-state index >= 15 is 0 Å². The summed E-state index contributed by atoms with van der Waals surface area (Å²) >= 11 is 0. The van der Waals surface area contributed by atoms with Crippen molar-refractivity contribution in [2.24, 2.45) is 0 Å². The number of halogens is 1. The van der Waals surface area contributed by atoms with Crippen LogP contribution in [0.25, 0.3) is 5.69 Å². The van der Waals surface area contributed by atoms with Crippen LogP contribution in [0.1, 0.15) is 41.0 Å².